The lowest BCUT2D eigenvalue weighted by Crippen LogP contribution is -2.31. The van der Waals surface area contributed by atoms with Crippen LogP contribution in [0, 0.1) is 5.82 Å². The monoisotopic (exact) mass is 288 g/mol. The molecule has 0 saturated heterocycles. The third kappa shape index (κ3) is 6.05. The molecular formula is C12H14ClFN2O3. The summed E-state index contributed by atoms with van der Waals surface area (Å²) in [4.78, 5) is 21.3. The van der Waals surface area contributed by atoms with Gasteiger partial charge in [0.1, 0.15) is 11.6 Å². The summed E-state index contributed by atoms with van der Waals surface area (Å²) in [6.07, 6.45) is 1.22. The number of nitrogens with one attached hydrogen (secondary N) is 2. The topological polar surface area (TPSA) is 67.4 Å². The van der Waals surface area contributed by atoms with E-state index in [0.717, 1.165) is 6.07 Å². The third-order valence-electron chi connectivity index (χ3n) is 2.16. The first-order chi connectivity index (χ1) is 9.13. The first-order valence-electron chi connectivity index (χ1n) is 5.65. The second-order valence-electron chi connectivity index (χ2n) is 3.64. The van der Waals surface area contributed by atoms with Crippen molar-refractivity contribution in [3.05, 3.63) is 29.0 Å². The highest BCUT2D eigenvalue weighted by molar-refractivity contribution is 6.30. The van der Waals surface area contributed by atoms with E-state index in [-0.39, 0.29) is 23.3 Å². The Hall–Kier alpha value is -1.82. The first kappa shape index (κ1) is 15.2. The summed E-state index contributed by atoms with van der Waals surface area (Å²) in [7, 11) is 0. The Morgan fingerprint density at radius 2 is 2.21 bits per heavy atom. The van der Waals surface area contributed by atoms with E-state index in [2.05, 4.69) is 10.6 Å². The van der Waals surface area contributed by atoms with Crippen LogP contribution in [0.15, 0.2) is 18.2 Å². The zero-order chi connectivity index (χ0) is 14.1. The zero-order valence-electron chi connectivity index (χ0n) is 10.1. The van der Waals surface area contributed by atoms with Gasteiger partial charge in [-0.05, 0) is 18.6 Å². The normalized spacial score (nSPS) is 9.79. The number of ether oxygens (including phenoxy) is 1. The van der Waals surface area contributed by atoms with Gasteiger partial charge in [0.2, 0.25) is 6.41 Å². The highest BCUT2D eigenvalue weighted by Gasteiger charge is 2.05. The van der Waals surface area contributed by atoms with Gasteiger partial charge in [0.05, 0.1) is 5.02 Å². The summed E-state index contributed by atoms with van der Waals surface area (Å²) in [6.45, 7) is 0.716. The lowest BCUT2D eigenvalue weighted by molar-refractivity contribution is -0.123. The van der Waals surface area contributed by atoms with Gasteiger partial charge in [0, 0.05) is 19.2 Å². The maximum Gasteiger partial charge on any atom is 0.257 e. The molecule has 0 fully saturated rings. The van der Waals surface area contributed by atoms with E-state index < -0.39 is 5.82 Å². The summed E-state index contributed by atoms with van der Waals surface area (Å²) in [5, 5.41) is 5.07. The molecule has 0 radical (unpaired) electrons. The summed E-state index contributed by atoms with van der Waals surface area (Å²) in [6, 6.07) is 3.95. The molecule has 0 spiro atoms. The molecule has 0 heterocycles. The average Bonchev–Trinajstić information content (AvgIpc) is 2.40. The van der Waals surface area contributed by atoms with Gasteiger partial charge in [-0.15, -0.1) is 0 Å². The van der Waals surface area contributed by atoms with Crippen LogP contribution in [0.4, 0.5) is 4.39 Å². The van der Waals surface area contributed by atoms with E-state index in [1.807, 2.05) is 0 Å². The number of carbonyl (C=O) groups excluding carboxylic acids is 2. The average molecular weight is 289 g/mol. The molecule has 104 valence electrons. The van der Waals surface area contributed by atoms with Crippen LogP contribution >= 0.6 is 11.6 Å². The number of hydrogen-bond acceptors (Lipinski definition) is 3. The van der Waals surface area contributed by atoms with Crippen molar-refractivity contribution >= 4 is 23.9 Å². The Morgan fingerprint density at radius 3 is 2.89 bits per heavy atom. The van der Waals surface area contributed by atoms with Gasteiger partial charge in [-0.25, -0.2) is 4.39 Å². The van der Waals surface area contributed by atoms with E-state index in [0.29, 0.717) is 25.9 Å². The van der Waals surface area contributed by atoms with E-state index in [9.17, 15) is 14.0 Å². The van der Waals surface area contributed by atoms with Crippen LogP contribution in [-0.2, 0) is 9.59 Å². The number of amides is 2. The van der Waals surface area contributed by atoms with Crippen LogP contribution in [0.5, 0.6) is 5.75 Å². The molecule has 0 aromatic heterocycles. The van der Waals surface area contributed by atoms with Gasteiger partial charge in [-0.1, -0.05) is 11.6 Å². The van der Waals surface area contributed by atoms with Crippen molar-refractivity contribution in [2.24, 2.45) is 0 Å². The Balaban J connectivity index is 2.22. The van der Waals surface area contributed by atoms with Crippen LogP contribution < -0.4 is 15.4 Å². The second-order valence-corrected chi connectivity index (χ2v) is 4.05. The van der Waals surface area contributed by atoms with Gasteiger partial charge in [-0.2, -0.15) is 0 Å². The standard InChI is InChI=1S/C12H14ClFN2O3/c13-10-3-2-9(6-11(10)14)19-7-12(18)16-5-1-4-15-8-17/h2-3,6,8H,1,4-5,7H2,(H,15,17)(H,16,18). The molecule has 0 bridgehead atoms. The molecule has 0 aliphatic rings. The fourth-order valence-corrected chi connectivity index (χ4v) is 1.36. The third-order valence-corrected chi connectivity index (χ3v) is 2.47. The van der Waals surface area contributed by atoms with Crippen molar-refractivity contribution in [1.82, 2.24) is 10.6 Å². The first-order valence-corrected chi connectivity index (χ1v) is 6.03. The van der Waals surface area contributed by atoms with Crippen molar-refractivity contribution < 1.29 is 18.7 Å². The smallest absolute Gasteiger partial charge is 0.257 e. The molecule has 0 aliphatic heterocycles. The molecule has 5 nitrogen and oxygen atoms in total. The quantitative estimate of drug-likeness (QED) is 0.556. The Kier molecular flexibility index (Phi) is 6.67. The molecule has 0 atom stereocenters. The Labute approximate surface area is 115 Å². The minimum Gasteiger partial charge on any atom is -0.484 e. The number of carbonyl (C=O) groups is 2. The van der Waals surface area contributed by atoms with E-state index in [1.165, 1.54) is 12.1 Å². The Bertz CT molecular complexity index is 443. The molecule has 0 saturated carbocycles. The number of rotatable bonds is 8. The lowest BCUT2D eigenvalue weighted by atomic mass is 10.3. The summed E-state index contributed by atoms with van der Waals surface area (Å²) in [5.41, 5.74) is 0. The largest absolute Gasteiger partial charge is 0.484 e. The second kappa shape index (κ2) is 8.31. The summed E-state index contributed by atoms with van der Waals surface area (Å²) < 4.78 is 18.2. The molecule has 0 aliphatic carbocycles. The predicted octanol–water partition coefficient (Wildman–Crippen LogP) is 1.11. The van der Waals surface area contributed by atoms with Crippen LogP contribution in [0.1, 0.15) is 6.42 Å². The van der Waals surface area contributed by atoms with Crippen LogP contribution in [0.2, 0.25) is 5.02 Å². The van der Waals surface area contributed by atoms with E-state index in [1.54, 1.807) is 0 Å². The maximum absolute atomic E-state index is 13.1. The molecule has 2 amide bonds. The molecule has 2 N–H and O–H groups in total. The minimum absolute atomic E-state index is 0.000482. The van der Waals surface area contributed by atoms with Gasteiger partial charge in [0.15, 0.2) is 6.61 Å². The Morgan fingerprint density at radius 1 is 1.42 bits per heavy atom. The molecule has 0 unspecified atom stereocenters. The van der Waals surface area contributed by atoms with Gasteiger partial charge < -0.3 is 15.4 Å². The van der Waals surface area contributed by atoms with Crippen molar-refractivity contribution in [2.75, 3.05) is 19.7 Å². The SMILES string of the molecule is O=CNCCCNC(=O)COc1ccc(Cl)c(F)c1. The predicted molar refractivity (Wildman–Crippen MR) is 68.6 cm³/mol. The zero-order valence-corrected chi connectivity index (χ0v) is 10.9. The number of hydrogen-bond donors (Lipinski definition) is 2. The van der Waals surface area contributed by atoms with Gasteiger partial charge in [-0.3, -0.25) is 9.59 Å². The van der Waals surface area contributed by atoms with Crippen molar-refractivity contribution in [1.29, 1.82) is 0 Å². The van der Waals surface area contributed by atoms with Crippen LogP contribution in [0.3, 0.4) is 0 Å². The van der Waals surface area contributed by atoms with Crippen LogP contribution in [-0.4, -0.2) is 32.0 Å². The van der Waals surface area contributed by atoms with E-state index in [4.69, 9.17) is 16.3 Å². The molecule has 7 heteroatoms. The lowest BCUT2D eigenvalue weighted by Gasteiger charge is -2.07. The van der Waals surface area contributed by atoms with Gasteiger partial charge in [0.25, 0.3) is 5.91 Å². The number of benzene rings is 1. The highest BCUT2D eigenvalue weighted by atomic mass is 35.5. The van der Waals surface area contributed by atoms with Crippen molar-refractivity contribution in [3.8, 4) is 5.75 Å². The highest BCUT2D eigenvalue weighted by Crippen LogP contribution is 2.20. The maximum atomic E-state index is 13.1. The molecule has 1 rings (SSSR count). The van der Waals surface area contributed by atoms with Crippen molar-refractivity contribution in [3.63, 3.8) is 0 Å². The van der Waals surface area contributed by atoms with Crippen molar-refractivity contribution in [2.45, 2.75) is 6.42 Å². The fraction of sp³-hybridized carbons (Fsp3) is 0.333. The van der Waals surface area contributed by atoms with Crippen LogP contribution in [0.25, 0.3) is 0 Å². The molecule has 19 heavy (non-hydrogen) atoms. The minimum atomic E-state index is -0.598. The molecular weight excluding hydrogens is 275 g/mol. The van der Waals surface area contributed by atoms with Gasteiger partial charge >= 0.3 is 0 Å². The molecule has 1 aromatic rings. The fourth-order valence-electron chi connectivity index (χ4n) is 1.24. The molecule has 1 aromatic carbocycles. The summed E-state index contributed by atoms with van der Waals surface area (Å²) >= 11 is 5.51. The summed E-state index contributed by atoms with van der Waals surface area (Å²) in [5.74, 6) is -0.680. The number of halogens is 2. The van der Waals surface area contributed by atoms with E-state index >= 15 is 0 Å².